The summed E-state index contributed by atoms with van der Waals surface area (Å²) in [5.41, 5.74) is 2.36. The number of alkyl halides is 1. The van der Waals surface area contributed by atoms with E-state index in [0.717, 1.165) is 30.3 Å². The van der Waals surface area contributed by atoms with Crippen LogP contribution in [0.15, 0.2) is 24.3 Å². The van der Waals surface area contributed by atoms with E-state index in [0.29, 0.717) is 13.2 Å². The van der Waals surface area contributed by atoms with Crippen molar-refractivity contribution in [2.45, 2.75) is 24.7 Å². The summed E-state index contributed by atoms with van der Waals surface area (Å²) in [5.74, 6) is 0.136. The molecule has 0 aromatic heterocycles. The zero-order chi connectivity index (χ0) is 12.8. The fraction of sp³-hybridized carbons (Fsp3) is 0.500. The summed E-state index contributed by atoms with van der Waals surface area (Å²) >= 11 is 3.43. The Morgan fingerprint density at radius 2 is 2.28 bits per heavy atom. The minimum atomic E-state index is 0.0260. The zero-order valence-electron chi connectivity index (χ0n) is 10.3. The van der Waals surface area contributed by atoms with Crippen LogP contribution in [0.4, 0.5) is 0 Å². The summed E-state index contributed by atoms with van der Waals surface area (Å²) in [6.07, 6.45) is 1.92. The van der Waals surface area contributed by atoms with Gasteiger partial charge >= 0.3 is 0 Å². The predicted molar refractivity (Wildman–Crippen MR) is 74.5 cm³/mol. The van der Waals surface area contributed by atoms with E-state index >= 15 is 0 Å². The van der Waals surface area contributed by atoms with Crippen molar-refractivity contribution in [1.29, 1.82) is 0 Å². The molecule has 1 N–H and O–H groups in total. The lowest BCUT2D eigenvalue weighted by molar-refractivity contribution is -0.129. The highest BCUT2D eigenvalue weighted by Gasteiger charge is 2.21. The van der Waals surface area contributed by atoms with E-state index in [4.69, 9.17) is 4.74 Å². The van der Waals surface area contributed by atoms with Gasteiger partial charge in [-0.1, -0.05) is 40.2 Å². The van der Waals surface area contributed by atoms with Crippen LogP contribution in [0.25, 0.3) is 0 Å². The topological polar surface area (TPSA) is 38.3 Å². The van der Waals surface area contributed by atoms with E-state index in [1.165, 1.54) is 5.56 Å². The van der Waals surface area contributed by atoms with E-state index in [1.807, 2.05) is 12.1 Å². The molecule has 0 saturated carbocycles. The molecule has 98 valence electrons. The van der Waals surface area contributed by atoms with Crippen molar-refractivity contribution >= 4 is 21.8 Å². The first kappa shape index (κ1) is 13.6. The first-order valence-corrected chi connectivity index (χ1v) is 7.41. The number of carbonyl (C=O) groups excluding carboxylic acids is 1. The molecular weight excluding hydrogens is 294 g/mol. The maximum Gasteiger partial charge on any atom is 0.225 e. The number of rotatable bonds is 4. The van der Waals surface area contributed by atoms with Gasteiger partial charge in [-0.15, -0.1) is 0 Å². The third-order valence-corrected chi connectivity index (χ3v) is 3.79. The number of benzene rings is 1. The van der Waals surface area contributed by atoms with Crippen molar-refractivity contribution in [3.63, 3.8) is 0 Å². The van der Waals surface area contributed by atoms with Gasteiger partial charge in [-0.2, -0.15) is 0 Å². The highest BCUT2D eigenvalue weighted by atomic mass is 79.9. The summed E-state index contributed by atoms with van der Waals surface area (Å²) in [5, 5.41) is 3.82. The van der Waals surface area contributed by atoms with Crippen molar-refractivity contribution < 1.29 is 9.53 Å². The largest absolute Gasteiger partial charge is 0.381 e. The van der Waals surface area contributed by atoms with E-state index < -0.39 is 0 Å². The number of ether oxygens (including phenoxy) is 1. The maximum absolute atomic E-state index is 11.9. The second kappa shape index (κ2) is 6.90. The molecule has 1 unspecified atom stereocenters. The van der Waals surface area contributed by atoms with Crippen LogP contribution in [0.5, 0.6) is 0 Å². The molecular formula is C14H18BrNO2. The van der Waals surface area contributed by atoms with Crippen molar-refractivity contribution in [2.24, 2.45) is 5.92 Å². The molecule has 1 saturated heterocycles. The lowest BCUT2D eigenvalue weighted by Gasteiger charge is -2.21. The van der Waals surface area contributed by atoms with Gasteiger partial charge in [-0.25, -0.2) is 0 Å². The molecule has 0 spiro atoms. The Labute approximate surface area is 116 Å². The van der Waals surface area contributed by atoms with Crippen molar-refractivity contribution in [1.82, 2.24) is 5.32 Å². The first-order valence-electron chi connectivity index (χ1n) is 6.29. The molecule has 2 rings (SSSR count). The molecule has 4 heteroatoms. The lowest BCUT2D eigenvalue weighted by Crippen LogP contribution is -2.35. The molecule has 1 aromatic carbocycles. The predicted octanol–water partition coefficient (Wildman–Crippen LogP) is 2.62. The Bertz CT molecular complexity index is 403. The first-order chi connectivity index (χ1) is 8.79. The minimum Gasteiger partial charge on any atom is -0.381 e. The fourth-order valence-electron chi connectivity index (χ4n) is 2.10. The molecule has 0 aliphatic carbocycles. The SMILES string of the molecule is O=C(NCc1cccc(CBr)c1)C1CCCOC1. The highest BCUT2D eigenvalue weighted by Crippen LogP contribution is 2.14. The second-order valence-corrected chi connectivity index (χ2v) is 5.15. The van der Waals surface area contributed by atoms with Crippen LogP contribution < -0.4 is 5.32 Å². The number of nitrogens with one attached hydrogen (secondary N) is 1. The number of carbonyl (C=O) groups is 1. The highest BCUT2D eigenvalue weighted by molar-refractivity contribution is 9.08. The molecule has 3 nitrogen and oxygen atoms in total. The molecule has 0 radical (unpaired) electrons. The van der Waals surface area contributed by atoms with Crippen molar-refractivity contribution in [3.05, 3.63) is 35.4 Å². The van der Waals surface area contributed by atoms with Crippen LogP contribution in [0.2, 0.25) is 0 Å². The van der Waals surface area contributed by atoms with Crippen molar-refractivity contribution in [2.75, 3.05) is 13.2 Å². The number of amides is 1. The van der Waals surface area contributed by atoms with E-state index in [9.17, 15) is 4.79 Å². The smallest absolute Gasteiger partial charge is 0.225 e. The van der Waals surface area contributed by atoms with Crippen LogP contribution >= 0.6 is 15.9 Å². The average Bonchev–Trinajstić information content (AvgIpc) is 2.46. The molecule has 0 bridgehead atoms. The zero-order valence-corrected chi connectivity index (χ0v) is 11.9. The van der Waals surface area contributed by atoms with Gasteiger partial charge in [0.2, 0.25) is 5.91 Å². The third-order valence-electron chi connectivity index (χ3n) is 3.14. The Hall–Kier alpha value is -0.870. The lowest BCUT2D eigenvalue weighted by atomic mass is 10.0. The van der Waals surface area contributed by atoms with Gasteiger partial charge in [0.15, 0.2) is 0 Å². The summed E-state index contributed by atoms with van der Waals surface area (Å²) < 4.78 is 5.32. The maximum atomic E-state index is 11.9. The van der Waals surface area contributed by atoms with Gasteiger partial charge in [0.05, 0.1) is 12.5 Å². The third kappa shape index (κ3) is 3.82. The summed E-state index contributed by atoms with van der Waals surface area (Å²) in [6.45, 7) is 1.94. The minimum absolute atomic E-state index is 0.0260. The standard InChI is InChI=1S/C14H18BrNO2/c15-8-11-3-1-4-12(7-11)9-16-14(17)13-5-2-6-18-10-13/h1,3-4,7,13H,2,5-6,8-10H2,(H,16,17). The van der Waals surface area contributed by atoms with Gasteiger partial charge in [0.25, 0.3) is 0 Å². The van der Waals surface area contributed by atoms with Gasteiger partial charge in [-0.05, 0) is 24.0 Å². The average molecular weight is 312 g/mol. The van der Waals surface area contributed by atoms with E-state index in [-0.39, 0.29) is 11.8 Å². The molecule has 1 aliphatic rings. The number of halogens is 1. The molecule has 1 amide bonds. The van der Waals surface area contributed by atoms with Crippen LogP contribution in [-0.2, 0) is 21.4 Å². The van der Waals surface area contributed by atoms with E-state index in [2.05, 4.69) is 33.4 Å². The van der Waals surface area contributed by atoms with Crippen LogP contribution in [-0.4, -0.2) is 19.1 Å². The molecule has 1 atom stereocenters. The van der Waals surface area contributed by atoms with Gasteiger partial charge in [-0.3, -0.25) is 4.79 Å². The Morgan fingerprint density at radius 3 is 3.00 bits per heavy atom. The molecule has 18 heavy (non-hydrogen) atoms. The quantitative estimate of drug-likeness (QED) is 0.868. The Kier molecular flexibility index (Phi) is 5.20. The molecule has 1 fully saturated rings. The molecule has 1 aliphatic heterocycles. The molecule has 1 aromatic rings. The molecule has 1 heterocycles. The van der Waals surface area contributed by atoms with E-state index in [1.54, 1.807) is 0 Å². The van der Waals surface area contributed by atoms with Crippen LogP contribution in [0, 0.1) is 5.92 Å². The second-order valence-electron chi connectivity index (χ2n) is 4.59. The van der Waals surface area contributed by atoms with Gasteiger partial charge < -0.3 is 10.1 Å². The van der Waals surface area contributed by atoms with Crippen molar-refractivity contribution in [3.8, 4) is 0 Å². The van der Waals surface area contributed by atoms with Crippen LogP contribution in [0.3, 0.4) is 0 Å². The van der Waals surface area contributed by atoms with Gasteiger partial charge in [0.1, 0.15) is 0 Å². The number of hydrogen-bond acceptors (Lipinski definition) is 2. The normalized spacial score (nSPS) is 19.5. The van der Waals surface area contributed by atoms with Gasteiger partial charge in [0, 0.05) is 18.5 Å². The monoisotopic (exact) mass is 311 g/mol. The Balaban J connectivity index is 1.84. The summed E-state index contributed by atoms with van der Waals surface area (Å²) in [4.78, 5) is 11.9. The van der Waals surface area contributed by atoms with Crippen LogP contribution in [0.1, 0.15) is 24.0 Å². The Morgan fingerprint density at radius 1 is 1.44 bits per heavy atom. The summed E-state index contributed by atoms with van der Waals surface area (Å²) in [6, 6.07) is 8.22. The summed E-state index contributed by atoms with van der Waals surface area (Å²) in [7, 11) is 0. The fourth-order valence-corrected chi connectivity index (χ4v) is 2.45. The number of hydrogen-bond donors (Lipinski definition) is 1.